The van der Waals surface area contributed by atoms with Crippen LogP contribution in [0.4, 0.5) is 11.4 Å². The Balaban J connectivity index is 1.67. The number of nitrogens with zero attached hydrogens (tertiary/aromatic N) is 4. The van der Waals surface area contributed by atoms with Crippen molar-refractivity contribution in [3.63, 3.8) is 0 Å². The van der Waals surface area contributed by atoms with E-state index >= 15 is 0 Å². The number of likely N-dealkylation sites (tertiary alicyclic amines) is 1. The number of halogens is 1. The summed E-state index contributed by atoms with van der Waals surface area (Å²) in [6, 6.07) is 6.17. The second kappa shape index (κ2) is 6.98. The zero-order valence-corrected chi connectivity index (χ0v) is 16.8. The van der Waals surface area contributed by atoms with E-state index in [1.165, 1.54) is 4.68 Å². The third-order valence-electron chi connectivity index (χ3n) is 5.49. The van der Waals surface area contributed by atoms with Gasteiger partial charge in [0, 0.05) is 49.7 Å². The Kier molecular flexibility index (Phi) is 4.63. The summed E-state index contributed by atoms with van der Waals surface area (Å²) in [6.45, 7) is 4.87. The van der Waals surface area contributed by atoms with Crippen LogP contribution in [0.1, 0.15) is 24.9 Å². The van der Waals surface area contributed by atoms with Gasteiger partial charge in [-0.25, -0.2) is 4.68 Å². The quantitative estimate of drug-likeness (QED) is 0.733. The number of aryl methyl sites for hydroxylation is 1. The molecule has 1 aromatic carbocycles. The van der Waals surface area contributed by atoms with E-state index < -0.39 is 0 Å². The van der Waals surface area contributed by atoms with Crippen LogP contribution in [0.15, 0.2) is 35.4 Å². The molecule has 0 saturated carbocycles. The molecule has 1 amide bonds. The third-order valence-corrected chi connectivity index (χ3v) is 5.89. The molecule has 7 nitrogen and oxygen atoms in total. The van der Waals surface area contributed by atoms with Gasteiger partial charge in [0.2, 0.25) is 5.91 Å². The fraction of sp³-hybridized carbons (Fsp3) is 0.350. The van der Waals surface area contributed by atoms with Gasteiger partial charge >= 0.3 is 0 Å². The molecule has 0 radical (unpaired) electrons. The van der Waals surface area contributed by atoms with Crippen LogP contribution in [0.5, 0.6) is 0 Å². The molecule has 1 aliphatic rings. The summed E-state index contributed by atoms with van der Waals surface area (Å²) in [4.78, 5) is 25.6. The van der Waals surface area contributed by atoms with Crippen molar-refractivity contribution in [2.45, 2.75) is 26.3 Å². The Morgan fingerprint density at radius 1 is 1.29 bits per heavy atom. The van der Waals surface area contributed by atoms with Crippen LogP contribution in [-0.2, 0) is 11.8 Å². The number of carbonyl (C=O) groups excluding carboxylic acids is 1. The SMILES string of the molecule is CC(=O)N1CCC(n2ccc3c(Cl)c(Nc4cnn(C)c(=O)c4C)ccc32)C1. The summed E-state index contributed by atoms with van der Waals surface area (Å²) in [7, 11) is 1.62. The highest BCUT2D eigenvalue weighted by Gasteiger charge is 2.26. The van der Waals surface area contributed by atoms with Crippen LogP contribution in [0.3, 0.4) is 0 Å². The van der Waals surface area contributed by atoms with Crippen molar-refractivity contribution < 1.29 is 4.79 Å². The molecule has 1 saturated heterocycles. The van der Waals surface area contributed by atoms with E-state index in [2.05, 4.69) is 15.0 Å². The molecule has 28 heavy (non-hydrogen) atoms. The van der Waals surface area contributed by atoms with Crippen molar-refractivity contribution in [3.8, 4) is 0 Å². The normalized spacial score (nSPS) is 16.7. The monoisotopic (exact) mass is 399 g/mol. The molecule has 0 aliphatic carbocycles. The van der Waals surface area contributed by atoms with Crippen LogP contribution in [-0.4, -0.2) is 38.2 Å². The molecule has 4 rings (SSSR count). The van der Waals surface area contributed by atoms with Gasteiger partial charge in [0.15, 0.2) is 0 Å². The highest BCUT2D eigenvalue weighted by molar-refractivity contribution is 6.38. The number of carbonyl (C=O) groups is 1. The van der Waals surface area contributed by atoms with Gasteiger partial charge in [-0.3, -0.25) is 9.59 Å². The van der Waals surface area contributed by atoms with Crippen LogP contribution < -0.4 is 10.9 Å². The topological polar surface area (TPSA) is 72.2 Å². The average molecular weight is 400 g/mol. The predicted molar refractivity (Wildman–Crippen MR) is 110 cm³/mol. The second-order valence-electron chi connectivity index (χ2n) is 7.23. The summed E-state index contributed by atoms with van der Waals surface area (Å²) in [6.07, 6.45) is 4.58. The average Bonchev–Trinajstić information content (AvgIpc) is 3.31. The molecule has 8 heteroatoms. The molecule has 3 heterocycles. The summed E-state index contributed by atoms with van der Waals surface area (Å²) in [5.41, 5.74) is 2.83. The number of amides is 1. The fourth-order valence-corrected chi connectivity index (χ4v) is 4.06. The molecule has 1 unspecified atom stereocenters. The standard InChI is InChI=1S/C20H22ClN5O2/c1-12-17(10-22-24(3)20(12)28)23-16-4-5-18-15(19(16)21)7-9-26(18)14-6-8-25(11-14)13(2)27/h4-5,7,9-10,14,23H,6,8,11H2,1-3H3. The van der Waals surface area contributed by atoms with Gasteiger partial charge in [-0.1, -0.05) is 11.6 Å². The zero-order chi connectivity index (χ0) is 20.0. The first-order chi connectivity index (χ1) is 13.4. The van der Waals surface area contributed by atoms with Crippen LogP contribution >= 0.6 is 11.6 Å². The van der Waals surface area contributed by atoms with Crippen molar-refractivity contribution in [1.29, 1.82) is 0 Å². The molecule has 2 aromatic heterocycles. The molecule has 0 bridgehead atoms. The Hall–Kier alpha value is -2.80. The fourth-order valence-electron chi connectivity index (χ4n) is 3.79. The minimum absolute atomic E-state index is 0.112. The lowest BCUT2D eigenvalue weighted by molar-refractivity contribution is -0.127. The third kappa shape index (κ3) is 3.05. The van der Waals surface area contributed by atoms with Gasteiger partial charge in [-0.15, -0.1) is 0 Å². The summed E-state index contributed by atoms with van der Waals surface area (Å²) in [5, 5.41) is 8.83. The van der Waals surface area contributed by atoms with Crippen molar-refractivity contribution in [3.05, 3.63) is 51.5 Å². The van der Waals surface area contributed by atoms with Crippen LogP contribution in [0.25, 0.3) is 10.9 Å². The smallest absolute Gasteiger partial charge is 0.271 e. The molecule has 1 aliphatic heterocycles. The van der Waals surface area contributed by atoms with E-state index in [4.69, 9.17) is 11.6 Å². The molecule has 1 N–H and O–H groups in total. The maximum Gasteiger partial charge on any atom is 0.271 e. The Labute approximate surface area is 167 Å². The van der Waals surface area contributed by atoms with Gasteiger partial charge in [-0.05, 0) is 31.5 Å². The van der Waals surface area contributed by atoms with Crippen molar-refractivity contribution in [1.82, 2.24) is 19.2 Å². The van der Waals surface area contributed by atoms with Crippen molar-refractivity contribution in [2.24, 2.45) is 7.05 Å². The van der Waals surface area contributed by atoms with E-state index in [0.29, 0.717) is 16.3 Å². The number of hydrogen-bond acceptors (Lipinski definition) is 4. The molecular formula is C20H22ClN5O2. The van der Waals surface area contributed by atoms with Gasteiger partial charge < -0.3 is 14.8 Å². The minimum atomic E-state index is -0.149. The van der Waals surface area contributed by atoms with E-state index in [0.717, 1.165) is 36.1 Å². The number of nitrogens with one attached hydrogen (secondary N) is 1. The van der Waals surface area contributed by atoms with Crippen LogP contribution in [0.2, 0.25) is 5.02 Å². The predicted octanol–water partition coefficient (Wildman–Crippen LogP) is 3.23. The minimum Gasteiger partial charge on any atom is -0.353 e. The number of fused-ring (bicyclic) bond motifs is 1. The number of aromatic nitrogens is 3. The first-order valence-electron chi connectivity index (χ1n) is 9.21. The van der Waals surface area contributed by atoms with E-state index in [-0.39, 0.29) is 17.5 Å². The first-order valence-corrected chi connectivity index (χ1v) is 9.59. The first kappa shape index (κ1) is 18.6. The second-order valence-corrected chi connectivity index (χ2v) is 7.61. The highest BCUT2D eigenvalue weighted by atomic mass is 35.5. The lowest BCUT2D eigenvalue weighted by Crippen LogP contribution is -2.26. The zero-order valence-electron chi connectivity index (χ0n) is 16.1. The summed E-state index contributed by atoms with van der Waals surface area (Å²) < 4.78 is 3.50. The number of hydrogen-bond donors (Lipinski definition) is 1. The maximum atomic E-state index is 12.1. The Morgan fingerprint density at radius 2 is 2.07 bits per heavy atom. The maximum absolute atomic E-state index is 12.1. The highest BCUT2D eigenvalue weighted by Crippen LogP contribution is 2.36. The van der Waals surface area contributed by atoms with Crippen molar-refractivity contribution >= 4 is 39.8 Å². The lowest BCUT2D eigenvalue weighted by Gasteiger charge is -2.17. The van der Waals surface area contributed by atoms with Gasteiger partial charge in [-0.2, -0.15) is 5.10 Å². The molecule has 0 spiro atoms. The molecule has 146 valence electrons. The Bertz CT molecular complexity index is 1130. The molecule has 3 aromatic rings. The van der Waals surface area contributed by atoms with E-state index in [9.17, 15) is 9.59 Å². The molecular weight excluding hydrogens is 378 g/mol. The summed E-state index contributed by atoms with van der Waals surface area (Å²) >= 11 is 6.67. The van der Waals surface area contributed by atoms with Gasteiger partial charge in [0.1, 0.15) is 0 Å². The number of benzene rings is 1. The van der Waals surface area contributed by atoms with Gasteiger partial charge in [0.25, 0.3) is 5.56 Å². The van der Waals surface area contributed by atoms with Gasteiger partial charge in [0.05, 0.1) is 28.6 Å². The van der Waals surface area contributed by atoms with Crippen LogP contribution in [0, 0.1) is 6.92 Å². The van der Waals surface area contributed by atoms with E-state index in [1.807, 2.05) is 29.3 Å². The Morgan fingerprint density at radius 3 is 2.79 bits per heavy atom. The van der Waals surface area contributed by atoms with E-state index in [1.54, 1.807) is 27.1 Å². The summed E-state index contributed by atoms with van der Waals surface area (Å²) in [5.74, 6) is 0.112. The number of rotatable bonds is 3. The number of anilines is 2. The molecule has 1 atom stereocenters. The largest absolute Gasteiger partial charge is 0.353 e. The molecule has 1 fully saturated rings. The van der Waals surface area contributed by atoms with Crippen molar-refractivity contribution in [2.75, 3.05) is 18.4 Å². The lowest BCUT2D eigenvalue weighted by atomic mass is 10.2.